The van der Waals surface area contributed by atoms with Gasteiger partial charge in [0.1, 0.15) is 0 Å². The fourth-order valence-corrected chi connectivity index (χ4v) is 3.59. The molecule has 1 aromatic heterocycles. The molecule has 2 aliphatic heterocycles. The summed E-state index contributed by atoms with van der Waals surface area (Å²) in [5.41, 5.74) is 2.20. The molecule has 24 heavy (non-hydrogen) atoms. The van der Waals surface area contributed by atoms with Gasteiger partial charge < -0.3 is 14.8 Å². The van der Waals surface area contributed by atoms with E-state index in [1.165, 1.54) is 5.69 Å². The van der Waals surface area contributed by atoms with Crippen molar-refractivity contribution in [2.24, 2.45) is 5.92 Å². The summed E-state index contributed by atoms with van der Waals surface area (Å²) in [6.45, 7) is 12.6. The lowest BCUT2D eigenvalue weighted by molar-refractivity contribution is 0.446. The molecule has 1 N–H and O–H groups in total. The molecule has 2 saturated heterocycles. The van der Waals surface area contributed by atoms with Gasteiger partial charge in [0.25, 0.3) is 0 Å². The largest absolute Gasteiger partial charge is 0.337 e. The number of rotatable bonds is 5. The Hall–Kier alpha value is -2.22. The van der Waals surface area contributed by atoms with E-state index in [1.807, 2.05) is 30.9 Å². The van der Waals surface area contributed by atoms with Gasteiger partial charge in [-0.3, -0.25) is 0 Å². The van der Waals surface area contributed by atoms with Gasteiger partial charge in [-0.25, -0.2) is 4.98 Å². The van der Waals surface area contributed by atoms with Crippen LogP contribution in [0, 0.1) is 17.4 Å². The van der Waals surface area contributed by atoms with Crippen LogP contribution in [0.5, 0.6) is 0 Å². The Balaban J connectivity index is 0.00000100. The molecule has 1 aromatic rings. The molecule has 3 rings (SSSR count). The smallest absolute Gasteiger partial charge is 0.203 e. The fourth-order valence-electron chi connectivity index (χ4n) is 3.59. The van der Waals surface area contributed by atoms with Crippen molar-refractivity contribution in [2.45, 2.75) is 46.1 Å². The molecule has 2 fully saturated rings. The minimum atomic E-state index is 0.413. The number of hydrogen-bond donors (Lipinski definition) is 1. The van der Waals surface area contributed by atoms with Crippen LogP contribution in [0.1, 0.15) is 45.0 Å². The van der Waals surface area contributed by atoms with Crippen molar-refractivity contribution < 1.29 is 0 Å². The van der Waals surface area contributed by atoms with E-state index in [4.69, 9.17) is 10.2 Å². The first-order chi connectivity index (χ1) is 11.8. The fraction of sp³-hybridized carbons (Fsp3) is 0.579. The second-order valence-electron chi connectivity index (χ2n) is 6.08. The molecule has 0 radical (unpaired) electrons. The van der Waals surface area contributed by atoms with Gasteiger partial charge >= 0.3 is 0 Å². The van der Waals surface area contributed by atoms with Crippen molar-refractivity contribution in [3.8, 4) is 6.19 Å². The second-order valence-corrected chi connectivity index (χ2v) is 6.08. The van der Waals surface area contributed by atoms with Gasteiger partial charge in [-0.15, -0.1) is 0 Å². The maximum atomic E-state index is 9.11. The van der Waals surface area contributed by atoms with E-state index in [-0.39, 0.29) is 0 Å². The summed E-state index contributed by atoms with van der Waals surface area (Å²) in [5.74, 6) is 1.55. The predicted octanol–water partition coefficient (Wildman–Crippen LogP) is 3.58. The van der Waals surface area contributed by atoms with Gasteiger partial charge in [-0.1, -0.05) is 45.9 Å². The van der Waals surface area contributed by atoms with Crippen molar-refractivity contribution in [1.82, 2.24) is 14.9 Å². The van der Waals surface area contributed by atoms with Crippen LogP contribution in [-0.4, -0.2) is 40.5 Å². The average Bonchev–Trinajstić information content (AvgIpc) is 3.28. The molecule has 0 bridgehead atoms. The standard InChI is InChI=1S/C17H23N5.C2H6/c1-3-5-7-15-14(6-4-2)19-17(20-15)22-9-8-13-10-21(12-18)11-16(13)22;1-2/h3,5,7,13,16H,1,4,6,8-11H2,2H3,(H,19,20);1-2H3/b7-5-;. The van der Waals surface area contributed by atoms with Crippen LogP contribution in [-0.2, 0) is 6.42 Å². The Morgan fingerprint density at radius 1 is 1.42 bits per heavy atom. The van der Waals surface area contributed by atoms with E-state index in [1.54, 1.807) is 6.08 Å². The molecule has 2 atom stereocenters. The first-order valence-electron chi connectivity index (χ1n) is 9.06. The van der Waals surface area contributed by atoms with Gasteiger partial charge in [-0.05, 0) is 18.9 Å². The zero-order chi connectivity index (χ0) is 17.5. The zero-order valence-corrected chi connectivity index (χ0v) is 15.1. The van der Waals surface area contributed by atoms with Crippen LogP contribution >= 0.6 is 0 Å². The Morgan fingerprint density at radius 3 is 2.88 bits per heavy atom. The minimum absolute atomic E-state index is 0.413. The van der Waals surface area contributed by atoms with E-state index in [0.29, 0.717) is 12.0 Å². The third kappa shape index (κ3) is 3.64. The van der Waals surface area contributed by atoms with E-state index < -0.39 is 0 Å². The highest BCUT2D eigenvalue weighted by Gasteiger charge is 2.42. The minimum Gasteiger partial charge on any atom is -0.337 e. The van der Waals surface area contributed by atoms with Gasteiger partial charge in [0.2, 0.25) is 5.95 Å². The zero-order valence-electron chi connectivity index (χ0n) is 15.1. The molecule has 0 amide bonds. The van der Waals surface area contributed by atoms with Crippen molar-refractivity contribution in [2.75, 3.05) is 24.5 Å². The molecule has 5 heteroatoms. The van der Waals surface area contributed by atoms with Crippen LogP contribution in [0.2, 0.25) is 0 Å². The maximum absolute atomic E-state index is 9.11. The first-order valence-corrected chi connectivity index (χ1v) is 9.06. The molecular weight excluding hydrogens is 298 g/mol. The summed E-state index contributed by atoms with van der Waals surface area (Å²) < 4.78 is 0. The highest BCUT2D eigenvalue weighted by atomic mass is 15.3. The van der Waals surface area contributed by atoms with Crippen LogP contribution in [0.25, 0.3) is 6.08 Å². The van der Waals surface area contributed by atoms with E-state index in [9.17, 15) is 0 Å². The molecular formula is C19H29N5. The summed E-state index contributed by atoms with van der Waals surface area (Å²) in [6.07, 6.45) is 11.2. The van der Waals surface area contributed by atoms with Gasteiger partial charge in [-0.2, -0.15) is 5.26 Å². The van der Waals surface area contributed by atoms with E-state index in [0.717, 1.165) is 50.5 Å². The van der Waals surface area contributed by atoms with Crippen molar-refractivity contribution >= 4 is 12.0 Å². The SMILES string of the molecule is C=C/C=C\c1nc(N2CCC3CN(C#N)CC32)[nH]c1CCC.CC. The molecule has 0 spiro atoms. The highest BCUT2D eigenvalue weighted by Crippen LogP contribution is 2.34. The second kappa shape index (κ2) is 8.58. The highest BCUT2D eigenvalue weighted by molar-refractivity contribution is 5.54. The molecule has 130 valence electrons. The van der Waals surface area contributed by atoms with Gasteiger partial charge in [0.15, 0.2) is 6.19 Å². The number of nitrogens with zero attached hydrogens (tertiary/aromatic N) is 4. The Morgan fingerprint density at radius 2 is 2.21 bits per heavy atom. The normalized spacial score (nSPS) is 22.2. The van der Waals surface area contributed by atoms with Crippen molar-refractivity contribution in [3.05, 3.63) is 30.1 Å². The van der Waals surface area contributed by atoms with Crippen LogP contribution in [0.15, 0.2) is 18.7 Å². The molecule has 2 unspecified atom stereocenters. The summed E-state index contributed by atoms with van der Waals surface area (Å²) >= 11 is 0. The number of fused-ring (bicyclic) bond motifs is 1. The average molecular weight is 327 g/mol. The number of nitrogens with one attached hydrogen (secondary N) is 1. The molecule has 2 aliphatic rings. The van der Waals surface area contributed by atoms with Crippen molar-refractivity contribution in [3.63, 3.8) is 0 Å². The number of nitriles is 1. The number of aromatic amines is 1. The molecule has 5 nitrogen and oxygen atoms in total. The van der Waals surface area contributed by atoms with Crippen molar-refractivity contribution in [1.29, 1.82) is 5.26 Å². The third-order valence-electron chi connectivity index (χ3n) is 4.65. The quantitative estimate of drug-likeness (QED) is 0.663. The summed E-state index contributed by atoms with van der Waals surface area (Å²) in [4.78, 5) is 12.5. The molecule has 0 aliphatic carbocycles. The number of aromatic nitrogens is 2. The van der Waals surface area contributed by atoms with Crippen LogP contribution in [0.3, 0.4) is 0 Å². The monoisotopic (exact) mass is 327 g/mol. The van der Waals surface area contributed by atoms with E-state index >= 15 is 0 Å². The Bertz CT molecular complexity index is 610. The third-order valence-corrected chi connectivity index (χ3v) is 4.65. The lowest BCUT2D eigenvalue weighted by Crippen LogP contribution is -2.35. The van der Waals surface area contributed by atoms with Crippen LogP contribution in [0.4, 0.5) is 5.95 Å². The number of aryl methyl sites for hydroxylation is 1. The summed E-state index contributed by atoms with van der Waals surface area (Å²) in [7, 11) is 0. The Labute approximate surface area is 145 Å². The van der Waals surface area contributed by atoms with E-state index in [2.05, 4.69) is 29.6 Å². The summed E-state index contributed by atoms with van der Waals surface area (Å²) in [6, 6.07) is 0.413. The lowest BCUT2D eigenvalue weighted by atomic mass is 10.1. The van der Waals surface area contributed by atoms with Gasteiger partial charge in [0.05, 0.1) is 11.7 Å². The number of likely N-dealkylation sites (tertiary alicyclic amines) is 1. The lowest BCUT2D eigenvalue weighted by Gasteiger charge is -2.23. The number of allylic oxidation sites excluding steroid dienone is 2. The van der Waals surface area contributed by atoms with Crippen LogP contribution < -0.4 is 4.90 Å². The molecule has 0 saturated carbocycles. The number of H-pyrrole nitrogens is 1. The Kier molecular flexibility index (Phi) is 6.48. The number of anilines is 1. The molecule has 3 heterocycles. The predicted molar refractivity (Wildman–Crippen MR) is 99.6 cm³/mol. The maximum Gasteiger partial charge on any atom is 0.203 e. The van der Waals surface area contributed by atoms with Gasteiger partial charge in [0, 0.05) is 31.2 Å². The first kappa shape index (κ1) is 18.1. The number of imidazole rings is 1. The number of hydrogen-bond acceptors (Lipinski definition) is 4. The topological polar surface area (TPSA) is 59.0 Å². The summed E-state index contributed by atoms with van der Waals surface area (Å²) in [5, 5.41) is 9.11. The molecule has 0 aromatic carbocycles.